The van der Waals surface area contributed by atoms with E-state index >= 15 is 0 Å². The summed E-state index contributed by atoms with van der Waals surface area (Å²) in [6.07, 6.45) is 0. The lowest BCUT2D eigenvalue weighted by molar-refractivity contribution is -0.0990. The molecule has 0 atom stereocenters. The Morgan fingerprint density at radius 2 is 1.86 bits per heavy atom. The fourth-order valence-electron chi connectivity index (χ4n) is 0.742. The van der Waals surface area contributed by atoms with Crippen LogP contribution in [-0.2, 0) is 0 Å². The highest BCUT2D eigenvalue weighted by Crippen LogP contribution is 2.34. The van der Waals surface area contributed by atoms with Crippen molar-refractivity contribution in [2.45, 2.75) is 5.57 Å². The van der Waals surface area contributed by atoms with Gasteiger partial charge in [-0.3, -0.25) is 0 Å². The van der Waals surface area contributed by atoms with Crippen molar-refractivity contribution >= 4 is 27.5 Å². The van der Waals surface area contributed by atoms with Crippen LogP contribution in [-0.4, -0.2) is 5.57 Å². The first kappa shape index (κ1) is 11.6. The maximum Gasteiger partial charge on any atom is 0.487 e. The van der Waals surface area contributed by atoms with Crippen LogP contribution in [0.3, 0.4) is 0 Å². The Hall–Kier alpha value is -0.490. The summed E-state index contributed by atoms with van der Waals surface area (Å²) < 4.78 is 53.1. The lowest BCUT2D eigenvalue weighted by Gasteiger charge is -2.12. The fraction of sp³-hybridized carbons (Fsp3) is 0.143. The van der Waals surface area contributed by atoms with Gasteiger partial charge in [-0.2, -0.15) is 0 Å². The van der Waals surface area contributed by atoms with Gasteiger partial charge < -0.3 is 4.74 Å². The van der Waals surface area contributed by atoms with Crippen molar-refractivity contribution < 1.29 is 22.3 Å². The largest absolute Gasteiger partial charge is 0.487 e. The number of rotatable bonds is 2. The van der Waals surface area contributed by atoms with Crippen LogP contribution in [0.4, 0.5) is 17.6 Å². The number of hydrogen-bond acceptors (Lipinski definition) is 1. The lowest BCUT2D eigenvalue weighted by Crippen LogP contribution is -2.17. The van der Waals surface area contributed by atoms with Gasteiger partial charge in [-0.05, 0) is 22.0 Å². The van der Waals surface area contributed by atoms with Crippen molar-refractivity contribution in [3.05, 3.63) is 28.2 Å². The minimum atomic E-state index is -4.04. The third kappa shape index (κ3) is 3.02. The maximum absolute atomic E-state index is 12.9. The molecule has 0 radical (unpaired) electrons. The molecule has 0 aliphatic rings. The Morgan fingerprint density at radius 3 is 2.29 bits per heavy atom. The predicted octanol–water partition coefficient (Wildman–Crippen LogP) is 3.90. The predicted molar refractivity (Wildman–Crippen MR) is 45.5 cm³/mol. The molecule has 1 rings (SSSR count). The van der Waals surface area contributed by atoms with Crippen LogP contribution in [0.1, 0.15) is 0 Å². The van der Waals surface area contributed by atoms with Gasteiger partial charge in [0.05, 0.1) is 4.47 Å². The molecular weight excluding hydrogens is 291 g/mol. The van der Waals surface area contributed by atoms with Crippen LogP contribution in [0.25, 0.3) is 0 Å². The molecule has 0 N–H and O–H groups in total. The van der Waals surface area contributed by atoms with Crippen LogP contribution >= 0.6 is 27.5 Å². The summed E-state index contributed by atoms with van der Waals surface area (Å²) >= 11 is 7.07. The first-order valence-corrected chi connectivity index (χ1v) is 4.37. The van der Waals surface area contributed by atoms with E-state index in [9.17, 15) is 17.6 Å². The van der Waals surface area contributed by atoms with Crippen LogP contribution in [0.2, 0.25) is 0 Å². The molecule has 0 saturated carbocycles. The van der Waals surface area contributed by atoms with Gasteiger partial charge in [0.15, 0.2) is 11.6 Å². The molecule has 0 spiro atoms. The Balaban J connectivity index is 3.09. The molecule has 0 amide bonds. The van der Waals surface area contributed by atoms with E-state index in [2.05, 4.69) is 32.3 Å². The Morgan fingerprint density at radius 1 is 1.29 bits per heavy atom. The smallest absolute Gasteiger partial charge is 0.416 e. The number of alkyl halides is 3. The highest BCUT2D eigenvalue weighted by molar-refractivity contribution is 9.10. The van der Waals surface area contributed by atoms with Crippen molar-refractivity contribution in [3.63, 3.8) is 0 Å². The Labute approximate surface area is 89.7 Å². The minimum Gasteiger partial charge on any atom is -0.416 e. The average molecular weight is 293 g/mol. The number of halogens is 6. The van der Waals surface area contributed by atoms with Gasteiger partial charge in [-0.15, -0.1) is 8.78 Å². The zero-order chi connectivity index (χ0) is 10.9. The van der Waals surface area contributed by atoms with Crippen LogP contribution < -0.4 is 4.74 Å². The van der Waals surface area contributed by atoms with Crippen molar-refractivity contribution in [1.29, 1.82) is 0 Å². The topological polar surface area (TPSA) is 9.23 Å². The zero-order valence-corrected chi connectivity index (χ0v) is 8.67. The van der Waals surface area contributed by atoms with Crippen LogP contribution in [0.15, 0.2) is 16.6 Å². The first-order valence-electron chi connectivity index (χ1n) is 3.20. The lowest BCUT2D eigenvalue weighted by atomic mass is 10.3. The molecule has 0 heterocycles. The van der Waals surface area contributed by atoms with Crippen LogP contribution in [0, 0.1) is 11.6 Å². The second-order valence-corrected chi connectivity index (χ2v) is 3.54. The molecule has 0 unspecified atom stereocenters. The van der Waals surface area contributed by atoms with Crippen LogP contribution in [0.5, 0.6) is 5.75 Å². The van der Waals surface area contributed by atoms with Crippen molar-refractivity contribution in [2.24, 2.45) is 0 Å². The van der Waals surface area contributed by atoms with Gasteiger partial charge in [-0.1, -0.05) is 0 Å². The zero-order valence-electron chi connectivity index (χ0n) is 6.33. The van der Waals surface area contributed by atoms with Gasteiger partial charge in [0.25, 0.3) is 0 Å². The summed E-state index contributed by atoms with van der Waals surface area (Å²) in [4.78, 5) is 0. The van der Waals surface area contributed by atoms with Crippen molar-refractivity contribution in [2.75, 3.05) is 0 Å². The monoisotopic (exact) mass is 292 g/mol. The van der Waals surface area contributed by atoms with E-state index in [0.717, 1.165) is 6.07 Å². The normalized spacial score (nSPS) is 11.6. The highest BCUT2D eigenvalue weighted by Gasteiger charge is 2.30. The molecule has 1 aromatic rings. The van der Waals surface area contributed by atoms with Gasteiger partial charge in [-0.25, -0.2) is 8.78 Å². The Bertz CT molecular complexity index is 329. The molecule has 0 fully saturated rings. The number of ether oxygens (including phenoxy) is 1. The third-order valence-corrected chi connectivity index (χ3v) is 1.85. The molecule has 7 heteroatoms. The van der Waals surface area contributed by atoms with Gasteiger partial charge in [0.2, 0.25) is 0 Å². The molecule has 0 saturated heterocycles. The van der Waals surface area contributed by atoms with Crippen molar-refractivity contribution in [3.8, 4) is 5.75 Å². The molecule has 0 bridgehead atoms. The van der Waals surface area contributed by atoms with E-state index in [-0.39, 0.29) is 4.47 Å². The van der Waals surface area contributed by atoms with Crippen molar-refractivity contribution in [1.82, 2.24) is 0 Å². The number of benzene rings is 1. The summed E-state index contributed by atoms with van der Waals surface area (Å²) in [6.45, 7) is 0. The second kappa shape index (κ2) is 3.94. The summed E-state index contributed by atoms with van der Waals surface area (Å²) in [5, 5.41) is 0. The van der Waals surface area contributed by atoms with E-state index in [1.165, 1.54) is 0 Å². The van der Waals surface area contributed by atoms with Gasteiger partial charge in [0.1, 0.15) is 5.82 Å². The molecule has 1 nitrogen and oxygen atoms in total. The van der Waals surface area contributed by atoms with E-state index in [1.807, 2.05) is 0 Å². The van der Waals surface area contributed by atoms with E-state index in [4.69, 9.17) is 0 Å². The second-order valence-electron chi connectivity index (χ2n) is 2.25. The fourth-order valence-corrected chi connectivity index (χ4v) is 1.31. The highest BCUT2D eigenvalue weighted by atomic mass is 79.9. The SMILES string of the molecule is Fc1cc(F)c(OC(F)(F)Cl)c(Br)c1. The summed E-state index contributed by atoms with van der Waals surface area (Å²) in [7, 11) is 0. The van der Waals surface area contributed by atoms with Gasteiger partial charge in [0, 0.05) is 17.7 Å². The quantitative estimate of drug-likeness (QED) is 0.593. The average Bonchev–Trinajstić information content (AvgIpc) is 1.95. The standard InChI is InChI=1S/C7H2BrClF4O/c8-4-1-3(10)2-5(11)6(4)14-7(9,12)13/h1-2H. The first-order chi connectivity index (χ1) is 6.29. The summed E-state index contributed by atoms with van der Waals surface area (Å²) in [5.74, 6) is -3.02. The number of hydrogen-bond donors (Lipinski definition) is 0. The molecule has 14 heavy (non-hydrogen) atoms. The Kier molecular flexibility index (Phi) is 3.26. The summed E-state index contributed by atoms with van der Waals surface area (Å²) in [5.41, 5.74) is -4.04. The maximum atomic E-state index is 12.9. The van der Waals surface area contributed by atoms with E-state index in [0.29, 0.717) is 6.07 Å². The molecule has 0 aliphatic carbocycles. The minimum absolute atomic E-state index is 0.282. The molecule has 0 aromatic heterocycles. The molecule has 0 aliphatic heterocycles. The van der Waals surface area contributed by atoms with E-state index in [1.54, 1.807) is 0 Å². The van der Waals surface area contributed by atoms with E-state index < -0.39 is 23.0 Å². The molecular formula is C7H2BrClF4O. The summed E-state index contributed by atoms with van der Waals surface area (Å²) in [6, 6.07) is 1.18. The molecule has 1 aromatic carbocycles. The van der Waals surface area contributed by atoms with Gasteiger partial charge >= 0.3 is 5.57 Å². The molecule has 78 valence electrons. The third-order valence-electron chi connectivity index (χ3n) is 1.18.